The van der Waals surface area contributed by atoms with Crippen molar-refractivity contribution < 1.29 is 4.74 Å². The summed E-state index contributed by atoms with van der Waals surface area (Å²) >= 11 is 1.79. The average molecular weight is 259 g/mol. The molecule has 0 saturated carbocycles. The van der Waals surface area contributed by atoms with Crippen molar-refractivity contribution in [1.29, 1.82) is 0 Å². The Morgan fingerprint density at radius 2 is 2.11 bits per heavy atom. The number of rotatable bonds is 2. The number of fused-ring (bicyclic) bond motifs is 1. The maximum atomic E-state index is 6.16. The first-order valence-electron chi connectivity index (χ1n) is 6.26. The van der Waals surface area contributed by atoms with Crippen LogP contribution in [0.2, 0.25) is 0 Å². The summed E-state index contributed by atoms with van der Waals surface area (Å²) in [6.45, 7) is 2.16. The first-order chi connectivity index (χ1) is 8.79. The van der Waals surface area contributed by atoms with Crippen molar-refractivity contribution in [3.63, 3.8) is 0 Å². The molecule has 1 aromatic carbocycles. The van der Waals surface area contributed by atoms with Crippen molar-refractivity contribution in [2.75, 3.05) is 7.05 Å². The van der Waals surface area contributed by atoms with E-state index in [9.17, 15) is 0 Å². The summed E-state index contributed by atoms with van der Waals surface area (Å²) in [4.78, 5) is 1.35. The van der Waals surface area contributed by atoms with E-state index in [-0.39, 0.29) is 6.10 Å². The van der Waals surface area contributed by atoms with Gasteiger partial charge in [0.1, 0.15) is 11.9 Å². The molecule has 0 spiro atoms. The van der Waals surface area contributed by atoms with Crippen LogP contribution in [0.15, 0.2) is 35.7 Å². The molecule has 3 heteroatoms. The van der Waals surface area contributed by atoms with Crippen molar-refractivity contribution in [3.05, 3.63) is 51.7 Å². The third-order valence-electron chi connectivity index (χ3n) is 3.56. The summed E-state index contributed by atoms with van der Waals surface area (Å²) in [7, 11) is 2.02. The van der Waals surface area contributed by atoms with Gasteiger partial charge < -0.3 is 10.1 Å². The third kappa shape index (κ3) is 1.93. The fraction of sp³-hybridized carbons (Fsp3) is 0.333. The van der Waals surface area contributed by atoms with E-state index < -0.39 is 0 Å². The zero-order chi connectivity index (χ0) is 12.5. The lowest BCUT2D eigenvalue weighted by Gasteiger charge is -2.32. The predicted molar refractivity (Wildman–Crippen MR) is 75.3 cm³/mol. The Kier molecular flexibility index (Phi) is 3.10. The van der Waals surface area contributed by atoms with Crippen LogP contribution in [0.25, 0.3) is 0 Å². The van der Waals surface area contributed by atoms with Crippen LogP contribution in [0.5, 0.6) is 5.75 Å². The molecule has 0 fully saturated rings. The molecule has 3 rings (SSSR count). The number of nitrogens with one attached hydrogen (secondary N) is 1. The zero-order valence-electron chi connectivity index (χ0n) is 10.6. The molecule has 0 bridgehead atoms. The molecule has 0 radical (unpaired) electrons. The number of ether oxygens (including phenoxy) is 1. The Labute approximate surface area is 112 Å². The van der Waals surface area contributed by atoms with Gasteiger partial charge in [-0.1, -0.05) is 18.2 Å². The fourth-order valence-electron chi connectivity index (χ4n) is 2.57. The highest BCUT2D eigenvalue weighted by molar-refractivity contribution is 7.10. The molecule has 1 aliphatic rings. The van der Waals surface area contributed by atoms with Gasteiger partial charge in [0.25, 0.3) is 0 Å². The van der Waals surface area contributed by atoms with Crippen LogP contribution in [-0.2, 0) is 0 Å². The van der Waals surface area contributed by atoms with Crippen LogP contribution in [0.4, 0.5) is 0 Å². The standard InChI is InChI=1S/C15H17NOS/c1-10-7-8-18-15(10)14-9-12(16-2)11-5-3-4-6-13(11)17-14/h3-8,12,14,16H,9H2,1-2H3. The summed E-state index contributed by atoms with van der Waals surface area (Å²) in [5.41, 5.74) is 2.60. The zero-order valence-corrected chi connectivity index (χ0v) is 11.5. The monoisotopic (exact) mass is 259 g/mol. The van der Waals surface area contributed by atoms with Gasteiger partial charge in [0.15, 0.2) is 0 Å². The van der Waals surface area contributed by atoms with E-state index in [0.29, 0.717) is 6.04 Å². The van der Waals surface area contributed by atoms with E-state index in [4.69, 9.17) is 4.74 Å². The first-order valence-corrected chi connectivity index (χ1v) is 7.14. The molecular formula is C15H17NOS. The van der Waals surface area contributed by atoms with Gasteiger partial charge in [0.05, 0.1) is 0 Å². The van der Waals surface area contributed by atoms with Gasteiger partial charge in [-0.05, 0) is 37.0 Å². The lowest BCUT2D eigenvalue weighted by molar-refractivity contribution is 0.156. The second-order valence-electron chi connectivity index (χ2n) is 4.69. The topological polar surface area (TPSA) is 21.3 Å². The van der Waals surface area contributed by atoms with Gasteiger partial charge in [0, 0.05) is 22.9 Å². The molecule has 2 atom stereocenters. The number of hydrogen-bond acceptors (Lipinski definition) is 3. The molecular weight excluding hydrogens is 242 g/mol. The highest BCUT2D eigenvalue weighted by atomic mass is 32.1. The molecule has 0 aliphatic carbocycles. The number of hydrogen-bond donors (Lipinski definition) is 1. The Hall–Kier alpha value is -1.32. The van der Waals surface area contributed by atoms with Crippen LogP contribution < -0.4 is 10.1 Å². The second kappa shape index (κ2) is 4.75. The van der Waals surface area contributed by atoms with Crippen LogP contribution >= 0.6 is 11.3 Å². The molecule has 1 aromatic heterocycles. The van der Waals surface area contributed by atoms with Crippen LogP contribution in [0.1, 0.15) is 34.6 Å². The Morgan fingerprint density at radius 3 is 2.83 bits per heavy atom. The Morgan fingerprint density at radius 1 is 1.28 bits per heavy atom. The molecule has 1 N–H and O–H groups in total. The average Bonchev–Trinajstić information content (AvgIpc) is 2.83. The predicted octanol–water partition coefficient (Wildman–Crippen LogP) is 3.84. The van der Waals surface area contributed by atoms with Gasteiger partial charge in [-0.3, -0.25) is 0 Å². The van der Waals surface area contributed by atoms with E-state index in [1.807, 2.05) is 13.1 Å². The molecule has 18 heavy (non-hydrogen) atoms. The third-order valence-corrected chi connectivity index (χ3v) is 4.67. The molecule has 1 aliphatic heterocycles. The van der Waals surface area contributed by atoms with Crippen molar-refractivity contribution in [2.45, 2.75) is 25.5 Å². The largest absolute Gasteiger partial charge is 0.484 e. The van der Waals surface area contributed by atoms with E-state index in [1.54, 1.807) is 11.3 Å². The van der Waals surface area contributed by atoms with Crippen LogP contribution in [-0.4, -0.2) is 7.05 Å². The van der Waals surface area contributed by atoms with Gasteiger partial charge in [-0.25, -0.2) is 0 Å². The lowest BCUT2D eigenvalue weighted by Crippen LogP contribution is -2.26. The second-order valence-corrected chi connectivity index (χ2v) is 5.64. The minimum Gasteiger partial charge on any atom is -0.484 e. The smallest absolute Gasteiger partial charge is 0.135 e. The van der Waals surface area contributed by atoms with Gasteiger partial charge >= 0.3 is 0 Å². The van der Waals surface area contributed by atoms with E-state index in [2.05, 4.69) is 41.9 Å². The number of aryl methyl sites for hydroxylation is 1. The molecule has 2 heterocycles. The summed E-state index contributed by atoms with van der Waals surface area (Å²) in [5.74, 6) is 1.01. The van der Waals surface area contributed by atoms with E-state index >= 15 is 0 Å². The highest BCUT2D eigenvalue weighted by Gasteiger charge is 2.29. The summed E-state index contributed by atoms with van der Waals surface area (Å²) in [6, 6.07) is 10.9. The number of benzene rings is 1. The van der Waals surface area contributed by atoms with Crippen LogP contribution in [0, 0.1) is 6.92 Å². The van der Waals surface area contributed by atoms with E-state index in [0.717, 1.165) is 12.2 Å². The maximum absolute atomic E-state index is 6.16. The van der Waals surface area contributed by atoms with Crippen molar-refractivity contribution in [1.82, 2.24) is 5.32 Å². The molecule has 2 aromatic rings. The molecule has 94 valence electrons. The lowest BCUT2D eigenvalue weighted by atomic mass is 9.95. The quantitative estimate of drug-likeness (QED) is 0.884. The molecule has 0 amide bonds. The van der Waals surface area contributed by atoms with Gasteiger partial charge in [-0.15, -0.1) is 11.3 Å². The minimum atomic E-state index is 0.178. The maximum Gasteiger partial charge on any atom is 0.135 e. The Balaban J connectivity index is 1.97. The number of para-hydroxylation sites is 1. The summed E-state index contributed by atoms with van der Waals surface area (Å²) in [6.07, 6.45) is 1.17. The summed E-state index contributed by atoms with van der Waals surface area (Å²) < 4.78 is 6.16. The molecule has 2 nitrogen and oxygen atoms in total. The first kappa shape index (κ1) is 11.8. The summed E-state index contributed by atoms with van der Waals surface area (Å²) in [5, 5.41) is 5.54. The fourth-order valence-corrected chi connectivity index (χ4v) is 3.54. The van der Waals surface area contributed by atoms with Gasteiger partial charge in [0.2, 0.25) is 0 Å². The van der Waals surface area contributed by atoms with Crippen LogP contribution in [0.3, 0.4) is 0 Å². The number of thiophene rings is 1. The Bertz CT molecular complexity index is 549. The SMILES string of the molecule is CNC1CC(c2sccc2C)Oc2ccccc21. The normalized spacial score (nSPS) is 22.3. The van der Waals surface area contributed by atoms with Crippen molar-refractivity contribution >= 4 is 11.3 Å². The minimum absolute atomic E-state index is 0.178. The van der Waals surface area contributed by atoms with E-state index in [1.165, 1.54) is 16.0 Å². The van der Waals surface area contributed by atoms with Crippen molar-refractivity contribution in [2.24, 2.45) is 0 Å². The highest BCUT2D eigenvalue weighted by Crippen LogP contribution is 2.42. The molecule has 2 unspecified atom stereocenters. The molecule has 0 saturated heterocycles. The van der Waals surface area contributed by atoms with Gasteiger partial charge in [-0.2, -0.15) is 0 Å². The van der Waals surface area contributed by atoms with Crippen molar-refractivity contribution in [3.8, 4) is 5.75 Å².